The number of hydrogen-bond donors (Lipinski definition) is 0. The molecule has 0 bridgehead atoms. The molecular formula is C32H36N2O3. The van der Waals surface area contributed by atoms with Crippen molar-refractivity contribution >= 4 is 11.8 Å². The summed E-state index contributed by atoms with van der Waals surface area (Å²) in [5.74, 6) is 1.80. The fourth-order valence-corrected chi connectivity index (χ4v) is 5.75. The van der Waals surface area contributed by atoms with Gasteiger partial charge in [0.25, 0.3) is 11.8 Å². The standard InChI is InChI=1S/C32H36N2O3/c1-37-30-14-12-26(13-15-30)31(35)34-18-6-11-29(23-34)27-9-5-10-28(22-27)32(36)33-19-16-25(17-20-33)21-24-7-3-2-4-8-24/h2-5,7-10,12-15,22,25,29H,6,11,16-21,23H2,1H3. The highest BCUT2D eigenvalue weighted by Gasteiger charge is 2.27. The normalized spacial score (nSPS) is 18.5. The summed E-state index contributed by atoms with van der Waals surface area (Å²) < 4.78 is 5.22. The number of ether oxygens (including phenoxy) is 1. The van der Waals surface area contributed by atoms with E-state index in [0.717, 1.165) is 68.6 Å². The predicted molar refractivity (Wildman–Crippen MR) is 146 cm³/mol. The van der Waals surface area contributed by atoms with Crippen molar-refractivity contribution in [1.82, 2.24) is 9.80 Å². The van der Waals surface area contributed by atoms with Crippen LogP contribution in [0.5, 0.6) is 5.75 Å². The van der Waals surface area contributed by atoms with E-state index in [0.29, 0.717) is 18.0 Å². The van der Waals surface area contributed by atoms with Crippen LogP contribution in [-0.2, 0) is 6.42 Å². The first-order valence-corrected chi connectivity index (χ1v) is 13.5. The van der Waals surface area contributed by atoms with Crippen LogP contribution < -0.4 is 4.74 Å². The Morgan fingerprint density at radius 1 is 0.784 bits per heavy atom. The Hall–Kier alpha value is -3.60. The average Bonchev–Trinajstić information content (AvgIpc) is 2.97. The van der Waals surface area contributed by atoms with Crippen LogP contribution >= 0.6 is 0 Å². The number of nitrogens with zero attached hydrogens (tertiary/aromatic N) is 2. The molecule has 37 heavy (non-hydrogen) atoms. The molecule has 5 heteroatoms. The second kappa shape index (κ2) is 11.6. The van der Waals surface area contributed by atoms with Crippen molar-refractivity contribution in [1.29, 1.82) is 0 Å². The highest BCUT2D eigenvalue weighted by Crippen LogP contribution is 2.29. The summed E-state index contributed by atoms with van der Waals surface area (Å²) in [7, 11) is 1.62. The molecule has 3 aromatic carbocycles. The Labute approximate surface area is 220 Å². The van der Waals surface area contributed by atoms with E-state index < -0.39 is 0 Å². The van der Waals surface area contributed by atoms with Gasteiger partial charge >= 0.3 is 0 Å². The van der Waals surface area contributed by atoms with Crippen LogP contribution in [0.1, 0.15) is 63.4 Å². The zero-order valence-electron chi connectivity index (χ0n) is 21.6. The second-order valence-electron chi connectivity index (χ2n) is 10.4. The van der Waals surface area contributed by atoms with Crippen LogP contribution in [0.2, 0.25) is 0 Å². The van der Waals surface area contributed by atoms with Crippen LogP contribution in [-0.4, -0.2) is 54.9 Å². The molecule has 0 spiro atoms. The van der Waals surface area contributed by atoms with Crippen molar-refractivity contribution in [2.45, 2.75) is 38.0 Å². The largest absolute Gasteiger partial charge is 0.497 e. The monoisotopic (exact) mass is 496 g/mol. The van der Waals surface area contributed by atoms with E-state index >= 15 is 0 Å². The Bertz CT molecular complexity index is 1200. The van der Waals surface area contributed by atoms with Gasteiger partial charge < -0.3 is 14.5 Å². The Morgan fingerprint density at radius 2 is 1.51 bits per heavy atom. The maximum atomic E-state index is 13.4. The van der Waals surface area contributed by atoms with E-state index in [-0.39, 0.29) is 17.7 Å². The molecule has 192 valence electrons. The molecule has 1 unspecified atom stereocenters. The van der Waals surface area contributed by atoms with Gasteiger partial charge in [-0.3, -0.25) is 9.59 Å². The predicted octanol–water partition coefficient (Wildman–Crippen LogP) is 5.81. The van der Waals surface area contributed by atoms with Gasteiger partial charge in [-0.1, -0.05) is 42.5 Å². The molecule has 2 aliphatic rings. The smallest absolute Gasteiger partial charge is 0.253 e. The number of rotatable bonds is 6. The third-order valence-electron chi connectivity index (χ3n) is 7.92. The van der Waals surface area contributed by atoms with Crippen LogP contribution in [0, 0.1) is 5.92 Å². The topological polar surface area (TPSA) is 49.9 Å². The van der Waals surface area contributed by atoms with Gasteiger partial charge in [0.05, 0.1) is 7.11 Å². The minimum Gasteiger partial charge on any atom is -0.497 e. The minimum absolute atomic E-state index is 0.0537. The summed E-state index contributed by atoms with van der Waals surface area (Å²) in [4.78, 5) is 30.4. The Balaban J connectivity index is 1.20. The third kappa shape index (κ3) is 6.04. The van der Waals surface area contributed by atoms with Gasteiger partial charge in [0.1, 0.15) is 5.75 Å². The fraction of sp³-hybridized carbons (Fsp3) is 0.375. The maximum Gasteiger partial charge on any atom is 0.253 e. The van der Waals surface area contributed by atoms with E-state index in [9.17, 15) is 9.59 Å². The lowest BCUT2D eigenvalue weighted by atomic mass is 9.88. The van der Waals surface area contributed by atoms with Crippen molar-refractivity contribution in [2.75, 3.05) is 33.3 Å². The molecule has 5 rings (SSSR count). The molecule has 0 N–H and O–H groups in total. The average molecular weight is 497 g/mol. The molecular weight excluding hydrogens is 460 g/mol. The number of methoxy groups -OCH3 is 1. The first kappa shape index (κ1) is 25.1. The summed E-state index contributed by atoms with van der Waals surface area (Å²) in [6, 6.07) is 26.0. The molecule has 0 radical (unpaired) electrons. The number of benzene rings is 3. The third-order valence-corrected chi connectivity index (χ3v) is 7.92. The fourth-order valence-electron chi connectivity index (χ4n) is 5.75. The summed E-state index contributed by atoms with van der Waals surface area (Å²) in [5, 5.41) is 0. The first-order valence-electron chi connectivity index (χ1n) is 13.5. The summed E-state index contributed by atoms with van der Waals surface area (Å²) >= 11 is 0. The van der Waals surface area contributed by atoms with Crippen LogP contribution in [0.4, 0.5) is 0 Å². The highest BCUT2D eigenvalue weighted by atomic mass is 16.5. The first-order chi connectivity index (χ1) is 18.1. The summed E-state index contributed by atoms with van der Waals surface area (Å²) in [6.07, 6.45) is 5.16. The molecule has 2 aliphatic heterocycles. The number of likely N-dealkylation sites (tertiary alicyclic amines) is 2. The van der Waals surface area contributed by atoms with Crippen molar-refractivity contribution in [2.24, 2.45) is 5.92 Å². The Morgan fingerprint density at radius 3 is 2.24 bits per heavy atom. The number of carbonyl (C=O) groups excluding carboxylic acids is 2. The van der Waals surface area contributed by atoms with E-state index in [1.54, 1.807) is 7.11 Å². The summed E-state index contributed by atoms with van der Waals surface area (Å²) in [6.45, 7) is 3.06. The number of amides is 2. The zero-order valence-corrected chi connectivity index (χ0v) is 21.6. The van der Waals surface area contributed by atoms with E-state index in [1.165, 1.54) is 5.56 Å². The van der Waals surface area contributed by atoms with Gasteiger partial charge in [-0.2, -0.15) is 0 Å². The van der Waals surface area contributed by atoms with Gasteiger partial charge in [-0.15, -0.1) is 0 Å². The van der Waals surface area contributed by atoms with Crippen molar-refractivity contribution in [3.8, 4) is 5.75 Å². The number of carbonyl (C=O) groups is 2. The number of piperidine rings is 2. The molecule has 0 aromatic heterocycles. The highest BCUT2D eigenvalue weighted by molar-refractivity contribution is 5.95. The summed E-state index contributed by atoms with van der Waals surface area (Å²) in [5.41, 5.74) is 3.97. The van der Waals surface area contributed by atoms with E-state index in [1.807, 2.05) is 46.2 Å². The van der Waals surface area contributed by atoms with Gasteiger partial charge in [-0.25, -0.2) is 0 Å². The van der Waals surface area contributed by atoms with Crippen molar-refractivity contribution in [3.63, 3.8) is 0 Å². The lowest BCUT2D eigenvalue weighted by molar-refractivity contribution is 0.0684. The molecule has 0 aliphatic carbocycles. The molecule has 2 fully saturated rings. The molecule has 2 amide bonds. The Kier molecular flexibility index (Phi) is 7.88. The molecule has 3 aromatic rings. The van der Waals surface area contributed by atoms with Crippen LogP contribution in [0.25, 0.3) is 0 Å². The second-order valence-corrected chi connectivity index (χ2v) is 10.4. The molecule has 2 heterocycles. The number of hydrogen-bond acceptors (Lipinski definition) is 3. The van der Waals surface area contributed by atoms with Crippen LogP contribution in [0.15, 0.2) is 78.9 Å². The molecule has 0 saturated carbocycles. The maximum absolute atomic E-state index is 13.4. The van der Waals surface area contributed by atoms with Crippen LogP contribution in [0.3, 0.4) is 0 Å². The van der Waals surface area contributed by atoms with E-state index in [4.69, 9.17) is 4.74 Å². The van der Waals surface area contributed by atoms with E-state index in [2.05, 4.69) is 42.5 Å². The van der Waals surface area contributed by atoms with Gasteiger partial charge in [0, 0.05) is 43.2 Å². The molecule has 1 atom stereocenters. The molecule has 5 nitrogen and oxygen atoms in total. The lowest BCUT2D eigenvalue weighted by Gasteiger charge is -2.34. The SMILES string of the molecule is COc1ccc(C(=O)N2CCCC(c3cccc(C(=O)N4CCC(Cc5ccccc5)CC4)c3)C2)cc1. The quantitative estimate of drug-likeness (QED) is 0.433. The zero-order chi connectivity index (χ0) is 25.6. The van der Waals surface area contributed by atoms with Gasteiger partial charge in [0.15, 0.2) is 0 Å². The minimum atomic E-state index is 0.0537. The lowest BCUT2D eigenvalue weighted by Crippen LogP contribution is -2.39. The van der Waals surface area contributed by atoms with Crippen molar-refractivity contribution in [3.05, 3.63) is 101 Å². The van der Waals surface area contributed by atoms with Crippen molar-refractivity contribution < 1.29 is 14.3 Å². The molecule has 2 saturated heterocycles. The van der Waals surface area contributed by atoms with Gasteiger partial charge in [0.2, 0.25) is 0 Å². The van der Waals surface area contributed by atoms with Gasteiger partial charge in [-0.05, 0) is 85.5 Å².